The van der Waals surface area contributed by atoms with Gasteiger partial charge in [-0.3, -0.25) is 0 Å². The number of nitrogens with zero attached hydrogens (tertiary/aromatic N) is 1. The molecule has 1 aromatic carbocycles. The van der Waals surface area contributed by atoms with Gasteiger partial charge in [-0.2, -0.15) is 22.0 Å². The summed E-state index contributed by atoms with van der Waals surface area (Å²) in [6, 6.07) is 2.94. The van der Waals surface area contributed by atoms with Gasteiger partial charge in [0.15, 0.2) is 0 Å². The lowest BCUT2D eigenvalue weighted by Gasteiger charge is -2.19. The molecule has 0 saturated heterocycles. The van der Waals surface area contributed by atoms with Crippen LogP contribution in [0.25, 0.3) is 5.76 Å². The van der Waals surface area contributed by atoms with Crippen LogP contribution in [0.5, 0.6) is 0 Å². The summed E-state index contributed by atoms with van der Waals surface area (Å²) in [5.74, 6) is -1.05. The molecule has 0 atom stereocenters. The molecule has 8 heteroatoms. The summed E-state index contributed by atoms with van der Waals surface area (Å²) in [6.45, 7) is 3.78. The van der Waals surface area contributed by atoms with Crippen molar-refractivity contribution in [1.29, 1.82) is 0 Å². The molecule has 0 unspecified atom stereocenters. The van der Waals surface area contributed by atoms with Crippen LogP contribution in [-0.4, -0.2) is 24.1 Å². The number of benzene rings is 1. The van der Waals surface area contributed by atoms with Crippen LogP contribution in [0.15, 0.2) is 30.3 Å². The Kier molecular flexibility index (Phi) is 5.90. The van der Waals surface area contributed by atoms with Crippen LogP contribution in [0.2, 0.25) is 0 Å². The van der Waals surface area contributed by atoms with E-state index in [1.807, 2.05) is 0 Å². The van der Waals surface area contributed by atoms with Crippen molar-refractivity contribution < 1.29 is 31.5 Å². The van der Waals surface area contributed by atoms with Crippen molar-refractivity contribution in [2.45, 2.75) is 20.0 Å². The maximum atomic E-state index is 12.9. The molecular formula is C14H14F5NO2. The van der Waals surface area contributed by atoms with Crippen molar-refractivity contribution >= 4 is 11.9 Å². The minimum Gasteiger partial charge on any atom is -0.404 e. The lowest BCUT2D eigenvalue weighted by Crippen LogP contribution is -2.30. The molecule has 0 N–H and O–H groups in total. The third-order valence-electron chi connectivity index (χ3n) is 2.86. The highest BCUT2D eigenvalue weighted by molar-refractivity contribution is 5.77. The predicted molar refractivity (Wildman–Crippen MR) is 70.0 cm³/mol. The summed E-state index contributed by atoms with van der Waals surface area (Å²) in [4.78, 5) is 12.8. The SMILES string of the molecule is CCN(CC)C(=O)OC(=C(F)F)c1ccc(C(F)(F)F)cc1. The average Bonchev–Trinajstić information content (AvgIpc) is 2.45. The molecular weight excluding hydrogens is 309 g/mol. The van der Waals surface area contributed by atoms with Crippen molar-refractivity contribution in [2.75, 3.05) is 13.1 Å². The van der Waals surface area contributed by atoms with Gasteiger partial charge in [0.05, 0.1) is 5.56 Å². The van der Waals surface area contributed by atoms with Crippen LogP contribution >= 0.6 is 0 Å². The summed E-state index contributed by atoms with van der Waals surface area (Å²) in [5, 5.41) is 0. The van der Waals surface area contributed by atoms with Crippen molar-refractivity contribution in [1.82, 2.24) is 4.90 Å². The standard InChI is InChI=1S/C14H14F5NO2/c1-3-20(4-2)13(21)22-11(12(15)16)9-5-7-10(8-6-9)14(17,18)19/h5-8H,3-4H2,1-2H3. The second-order valence-electron chi connectivity index (χ2n) is 4.20. The number of carbonyl (C=O) groups excluding carboxylic acids is 1. The number of ether oxygens (including phenoxy) is 1. The van der Waals surface area contributed by atoms with Gasteiger partial charge >= 0.3 is 18.4 Å². The first-order valence-electron chi connectivity index (χ1n) is 6.40. The minimum atomic E-state index is -4.57. The van der Waals surface area contributed by atoms with E-state index in [1.54, 1.807) is 13.8 Å². The van der Waals surface area contributed by atoms with Gasteiger partial charge in [0.1, 0.15) is 0 Å². The summed E-state index contributed by atoms with van der Waals surface area (Å²) in [6.07, 6.45) is -7.86. The molecule has 0 fully saturated rings. The Labute approximate surface area is 124 Å². The molecule has 1 rings (SSSR count). The first-order chi connectivity index (χ1) is 10.2. The summed E-state index contributed by atoms with van der Waals surface area (Å²) in [7, 11) is 0. The molecule has 0 aromatic heterocycles. The highest BCUT2D eigenvalue weighted by Crippen LogP contribution is 2.31. The third-order valence-corrected chi connectivity index (χ3v) is 2.86. The minimum absolute atomic E-state index is 0.254. The van der Waals surface area contributed by atoms with Gasteiger partial charge < -0.3 is 9.64 Å². The second-order valence-corrected chi connectivity index (χ2v) is 4.20. The number of hydrogen-bond donors (Lipinski definition) is 0. The van der Waals surface area contributed by atoms with E-state index in [2.05, 4.69) is 4.74 Å². The lowest BCUT2D eigenvalue weighted by atomic mass is 10.1. The summed E-state index contributed by atoms with van der Waals surface area (Å²) >= 11 is 0. The van der Waals surface area contributed by atoms with Gasteiger partial charge in [-0.05, 0) is 26.0 Å². The van der Waals surface area contributed by atoms with Crippen molar-refractivity contribution in [3.8, 4) is 0 Å². The normalized spacial score (nSPS) is 11.0. The highest BCUT2D eigenvalue weighted by Gasteiger charge is 2.30. The fourth-order valence-corrected chi connectivity index (χ4v) is 1.65. The molecule has 0 aliphatic carbocycles. The van der Waals surface area contributed by atoms with E-state index in [0.29, 0.717) is 12.1 Å². The van der Waals surface area contributed by atoms with Gasteiger partial charge in [-0.15, -0.1) is 0 Å². The second kappa shape index (κ2) is 7.24. The topological polar surface area (TPSA) is 29.5 Å². The van der Waals surface area contributed by atoms with Gasteiger partial charge in [0.25, 0.3) is 0 Å². The Morgan fingerprint density at radius 3 is 1.95 bits per heavy atom. The molecule has 0 spiro atoms. The first-order valence-corrected chi connectivity index (χ1v) is 6.40. The van der Waals surface area contributed by atoms with Crippen molar-refractivity contribution in [3.05, 3.63) is 41.5 Å². The van der Waals surface area contributed by atoms with Gasteiger partial charge in [0.2, 0.25) is 5.76 Å². The van der Waals surface area contributed by atoms with E-state index in [-0.39, 0.29) is 18.7 Å². The molecule has 0 bridgehead atoms. The zero-order valence-electron chi connectivity index (χ0n) is 11.9. The highest BCUT2D eigenvalue weighted by atomic mass is 19.4. The summed E-state index contributed by atoms with van der Waals surface area (Å²) in [5.41, 5.74) is -1.29. The van der Waals surface area contributed by atoms with Crippen LogP contribution < -0.4 is 0 Å². The van der Waals surface area contributed by atoms with E-state index in [0.717, 1.165) is 17.0 Å². The number of alkyl halides is 3. The van der Waals surface area contributed by atoms with Gasteiger partial charge in [-0.25, -0.2) is 4.79 Å². The fourth-order valence-electron chi connectivity index (χ4n) is 1.65. The zero-order chi connectivity index (χ0) is 16.9. The molecule has 3 nitrogen and oxygen atoms in total. The van der Waals surface area contributed by atoms with Crippen LogP contribution in [-0.2, 0) is 10.9 Å². The van der Waals surface area contributed by atoms with Crippen LogP contribution in [0.4, 0.5) is 26.7 Å². The molecule has 1 amide bonds. The quantitative estimate of drug-likeness (QED) is 0.591. The number of carbonyl (C=O) groups is 1. The van der Waals surface area contributed by atoms with E-state index < -0.39 is 29.7 Å². The van der Waals surface area contributed by atoms with E-state index in [4.69, 9.17) is 0 Å². The smallest absolute Gasteiger partial charge is 0.404 e. The number of halogens is 5. The molecule has 0 radical (unpaired) electrons. The average molecular weight is 323 g/mol. The maximum absolute atomic E-state index is 12.9. The Morgan fingerprint density at radius 1 is 1.09 bits per heavy atom. The Morgan fingerprint density at radius 2 is 1.59 bits per heavy atom. The Balaban J connectivity index is 3.04. The van der Waals surface area contributed by atoms with Crippen LogP contribution in [0, 0.1) is 0 Å². The predicted octanol–water partition coefficient (Wildman–Crippen LogP) is 4.75. The van der Waals surface area contributed by atoms with Gasteiger partial charge in [-0.1, -0.05) is 12.1 Å². The molecule has 1 aromatic rings. The molecule has 122 valence electrons. The fraction of sp³-hybridized carbons (Fsp3) is 0.357. The Hall–Kier alpha value is -2.12. The largest absolute Gasteiger partial charge is 0.416 e. The molecule has 22 heavy (non-hydrogen) atoms. The van der Waals surface area contributed by atoms with E-state index >= 15 is 0 Å². The van der Waals surface area contributed by atoms with Crippen molar-refractivity contribution in [2.24, 2.45) is 0 Å². The van der Waals surface area contributed by atoms with E-state index in [9.17, 15) is 26.7 Å². The Bertz CT molecular complexity index is 543. The monoisotopic (exact) mass is 323 g/mol. The molecule has 0 aliphatic heterocycles. The molecule has 0 heterocycles. The van der Waals surface area contributed by atoms with E-state index in [1.165, 1.54) is 0 Å². The maximum Gasteiger partial charge on any atom is 0.416 e. The van der Waals surface area contributed by atoms with Crippen molar-refractivity contribution in [3.63, 3.8) is 0 Å². The van der Waals surface area contributed by atoms with Crippen LogP contribution in [0.1, 0.15) is 25.0 Å². The number of rotatable bonds is 4. The number of amides is 1. The van der Waals surface area contributed by atoms with Gasteiger partial charge in [0, 0.05) is 18.7 Å². The first kappa shape index (κ1) is 17.9. The zero-order valence-corrected chi connectivity index (χ0v) is 11.9. The lowest BCUT2D eigenvalue weighted by molar-refractivity contribution is -0.137. The number of hydrogen-bond acceptors (Lipinski definition) is 2. The molecule has 0 aliphatic rings. The third kappa shape index (κ3) is 4.44. The summed E-state index contributed by atoms with van der Waals surface area (Å²) < 4.78 is 67.7. The molecule has 0 saturated carbocycles. The van der Waals surface area contributed by atoms with Crippen LogP contribution in [0.3, 0.4) is 0 Å².